The summed E-state index contributed by atoms with van der Waals surface area (Å²) in [6.45, 7) is 5.31. The van der Waals surface area contributed by atoms with Crippen LogP contribution in [0.25, 0.3) is 0 Å². The smallest absolute Gasteiger partial charge is 0.397 e. The average molecular weight is 358 g/mol. The van der Waals surface area contributed by atoms with Crippen molar-refractivity contribution < 1.29 is 26.5 Å². The van der Waals surface area contributed by atoms with E-state index in [-0.39, 0.29) is 0 Å². The van der Waals surface area contributed by atoms with Crippen LogP contribution in [-0.2, 0) is 13.3 Å². The first-order chi connectivity index (χ1) is 10.1. The lowest BCUT2D eigenvalue weighted by Crippen LogP contribution is -2.43. The van der Waals surface area contributed by atoms with E-state index in [9.17, 15) is 18.0 Å². The number of carbonyl (C=O) groups is 1. The lowest BCUT2D eigenvalue weighted by Gasteiger charge is -2.33. The molecular formula is C13H26F3NO3Si2. The van der Waals surface area contributed by atoms with Gasteiger partial charge in [0.2, 0.25) is 5.91 Å². The summed E-state index contributed by atoms with van der Waals surface area (Å²) in [5.74, 6) is -0.871. The topological polar surface area (TPSA) is 38.8 Å². The Morgan fingerprint density at radius 2 is 2.05 bits per heavy atom. The highest BCUT2D eigenvalue weighted by Crippen LogP contribution is 2.26. The van der Waals surface area contributed by atoms with Crippen LogP contribution >= 0.6 is 0 Å². The number of nitrogens with zero attached hydrogens (tertiary/aromatic N) is 1. The van der Waals surface area contributed by atoms with E-state index in [0.717, 1.165) is 31.5 Å². The zero-order valence-electron chi connectivity index (χ0n) is 13.5. The second-order valence-electron chi connectivity index (χ2n) is 6.17. The van der Waals surface area contributed by atoms with Gasteiger partial charge < -0.3 is 13.4 Å². The van der Waals surface area contributed by atoms with Crippen LogP contribution in [0.4, 0.5) is 13.2 Å². The molecule has 1 heterocycles. The number of alkyl halides is 3. The Bertz CT molecular complexity index is 371. The van der Waals surface area contributed by atoms with Gasteiger partial charge in [0.05, 0.1) is 0 Å². The molecule has 0 spiro atoms. The molecule has 2 unspecified atom stereocenters. The molecule has 1 amide bonds. The fourth-order valence-electron chi connectivity index (χ4n) is 2.65. The van der Waals surface area contributed by atoms with Crippen LogP contribution in [0.1, 0.15) is 25.7 Å². The van der Waals surface area contributed by atoms with Gasteiger partial charge in [-0.3, -0.25) is 4.79 Å². The fraction of sp³-hybridized carbons (Fsp3) is 0.923. The third-order valence-electron chi connectivity index (χ3n) is 3.88. The Hall–Kier alpha value is -0.386. The molecule has 0 aromatic carbocycles. The van der Waals surface area contributed by atoms with E-state index in [1.165, 1.54) is 11.9 Å². The Balaban J connectivity index is 2.39. The highest BCUT2D eigenvalue weighted by molar-refractivity contribution is 6.78. The van der Waals surface area contributed by atoms with Crippen LogP contribution in [0.5, 0.6) is 0 Å². The minimum absolute atomic E-state index is 0.345. The first-order valence-electron chi connectivity index (χ1n) is 7.71. The SMILES string of the molecule is CN(CCC[Si]1(C)CCCCO[SiH](C)O1)C(=O)CC(F)(F)F. The zero-order chi connectivity index (χ0) is 16.8. The van der Waals surface area contributed by atoms with Gasteiger partial charge in [-0.05, 0) is 38.0 Å². The summed E-state index contributed by atoms with van der Waals surface area (Å²) in [6, 6.07) is 1.92. The standard InChI is InChI=1S/C13H26F3NO3Si2/c1-17(12(18)11-13(14,15)16)7-6-10-22(3)9-5-4-8-19-21(2)20-22/h21H,4-11H2,1-3H3. The van der Waals surface area contributed by atoms with E-state index < -0.39 is 36.1 Å². The number of carbonyl (C=O) groups excluding carboxylic acids is 1. The van der Waals surface area contributed by atoms with Gasteiger partial charge in [0.1, 0.15) is 6.42 Å². The second kappa shape index (κ2) is 8.46. The van der Waals surface area contributed by atoms with Gasteiger partial charge in [-0.25, -0.2) is 0 Å². The largest absolute Gasteiger partial charge is 0.438 e. The van der Waals surface area contributed by atoms with E-state index in [2.05, 4.69) is 6.55 Å². The van der Waals surface area contributed by atoms with Crippen molar-refractivity contribution in [1.82, 2.24) is 4.90 Å². The minimum Gasteiger partial charge on any atom is -0.438 e. The van der Waals surface area contributed by atoms with Gasteiger partial charge in [0.15, 0.2) is 8.32 Å². The zero-order valence-corrected chi connectivity index (χ0v) is 15.7. The third-order valence-corrected chi connectivity index (χ3v) is 11.0. The molecule has 0 aromatic rings. The van der Waals surface area contributed by atoms with Crippen LogP contribution in [0.3, 0.4) is 0 Å². The van der Waals surface area contributed by atoms with Crippen molar-refractivity contribution in [3.05, 3.63) is 0 Å². The third kappa shape index (κ3) is 7.75. The van der Waals surface area contributed by atoms with Gasteiger partial charge in [-0.1, -0.05) is 6.42 Å². The van der Waals surface area contributed by atoms with E-state index in [1.807, 2.05) is 6.55 Å². The van der Waals surface area contributed by atoms with Gasteiger partial charge in [0, 0.05) is 20.2 Å². The Morgan fingerprint density at radius 1 is 1.36 bits per heavy atom. The van der Waals surface area contributed by atoms with Crippen LogP contribution in [-0.4, -0.2) is 54.8 Å². The number of hydrogen-bond donors (Lipinski definition) is 0. The summed E-state index contributed by atoms with van der Waals surface area (Å²) >= 11 is 0. The Morgan fingerprint density at radius 3 is 2.68 bits per heavy atom. The quantitative estimate of drug-likeness (QED) is 0.710. The van der Waals surface area contributed by atoms with Gasteiger partial charge in [-0.15, -0.1) is 0 Å². The van der Waals surface area contributed by atoms with Crippen molar-refractivity contribution in [2.45, 2.75) is 57.0 Å². The molecule has 0 aromatic heterocycles. The lowest BCUT2D eigenvalue weighted by molar-refractivity contribution is -0.160. The van der Waals surface area contributed by atoms with Crippen molar-refractivity contribution >= 4 is 23.5 Å². The fourth-order valence-corrected chi connectivity index (χ4v) is 9.72. The molecule has 1 aliphatic rings. The predicted octanol–water partition coefficient (Wildman–Crippen LogP) is 3.04. The lowest BCUT2D eigenvalue weighted by atomic mass is 10.3. The Kier molecular flexibility index (Phi) is 7.56. The number of halogens is 3. The van der Waals surface area contributed by atoms with E-state index in [0.29, 0.717) is 13.0 Å². The average Bonchev–Trinajstić information content (AvgIpc) is 2.34. The number of hydrogen-bond acceptors (Lipinski definition) is 3. The highest BCUT2D eigenvalue weighted by Gasteiger charge is 2.34. The molecule has 130 valence electrons. The van der Waals surface area contributed by atoms with Crippen molar-refractivity contribution in [2.75, 3.05) is 20.2 Å². The molecule has 2 atom stereocenters. The molecule has 1 aliphatic heterocycles. The van der Waals surface area contributed by atoms with Crippen molar-refractivity contribution in [3.63, 3.8) is 0 Å². The minimum atomic E-state index is -4.44. The van der Waals surface area contributed by atoms with E-state index in [1.54, 1.807) is 0 Å². The molecular weight excluding hydrogens is 331 g/mol. The van der Waals surface area contributed by atoms with Crippen molar-refractivity contribution in [2.24, 2.45) is 0 Å². The van der Waals surface area contributed by atoms with Gasteiger partial charge >= 0.3 is 15.5 Å². The summed E-state index contributed by atoms with van der Waals surface area (Å²) in [5, 5.41) is 0. The summed E-state index contributed by atoms with van der Waals surface area (Å²) in [4.78, 5) is 12.6. The summed E-state index contributed by atoms with van der Waals surface area (Å²) in [6.07, 6.45) is -3.01. The summed E-state index contributed by atoms with van der Waals surface area (Å²) < 4.78 is 48.4. The van der Waals surface area contributed by atoms with Crippen molar-refractivity contribution in [1.29, 1.82) is 0 Å². The molecule has 0 radical (unpaired) electrons. The molecule has 0 N–H and O–H groups in total. The maximum absolute atomic E-state index is 12.2. The molecule has 0 bridgehead atoms. The Labute approximate surface area is 132 Å². The highest BCUT2D eigenvalue weighted by atomic mass is 28.4. The first kappa shape index (κ1) is 19.7. The molecule has 0 aliphatic carbocycles. The molecule has 1 fully saturated rings. The van der Waals surface area contributed by atoms with E-state index >= 15 is 0 Å². The monoisotopic (exact) mass is 357 g/mol. The van der Waals surface area contributed by atoms with Crippen LogP contribution in [0, 0.1) is 0 Å². The van der Waals surface area contributed by atoms with Gasteiger partial charge in [-0.2, -0.15) is 13.2 Å². The van der Waals surface area contributed by atoms with Crippen LogP contribution in [0.15, 0.2) is 0 Å². The number of amides is 1. The maximum atomic E-state index is 12.2. The predicted molar refractivity (Wildman–Crippen MR) is 83.4 cm³/mol. The number of rotatable bonds is 5. The van der Waals surface area contributed by atoms with Crippen LogP contribution < -0.4 is 0 Å². The van der Waals surface area contributed by atoms with Gasteiger partial charge in [0.25, 0.3) is 0 Å². The molecule has 4 nitrogen and oxygen atoms in total. The molecule has 0 saturated carbocycles. The van der Waals surface area contributed by atoms with Crippen LogP contribution in [0.2, 0.25) is 25.2 Å². The van der Waals surface area contributed by atoms with E-state index in [4.69, 9.17) is 8.54 Å². The first-order valence-corrected chi connectivity index (χ1v) is 12.6. The normalized spacial score (nSPS) is 27.1. The molecule has 1 saturated heterocycles. The second-order valence-corrected chi connectivity index (χ2v) is 12.5. The molecule has 1 rings (SSSR count). The molecule has 22 heavy (non-hydrogen) atoms. The summed E-state index contributed by atoms with van der Waals surface area (Å²) in [5.41, 5.74) is 0. The van der Waals surface area contributed by atoms with Crippen molar-refractivity contribution in [3.8, 4) is 0 Å². The summed E-state index contributed by atoms with van der Waals surface area (Å²) in [7, 11) is -2.00. The molecule has 9 heteroatoms. The maximum Gasteiger partial charge on any atom is 0.397 e.